The number of hydrogen-bond donors (Lipinski definition) is 1. The van der Waals surface area contributed by atoms with Crippen molar-refractivity contribution in [2.24, 2.45) is 10.7 Å². The Bertz CT molecular complexity index is 258. The average Bonchev–Trinajstić information content (AvgIpc) is 2.21. The van der Waals surface area contributed by atoms with E-state index in [4.69, 9.17) is 10.5 Å². The first-order chi connectivity index (χ1) is 7.75. The fraction of sp³-hybridized carbons (Fsp3) is 0.909. The van der Waals surface area contributed by atoms with E-state index in [1.165, 1.54) is 19.5 Å². The molecule has 2 saturated heterocycles. The third-order valence-corrected chi connectivity index (χ3v) is 3.20. The predicted octanol–water partition coefficient (Wildman–Crippen LogP) is 0.345. The second-order valence-electron chi connectivity index (χ2n) is 4.56. The van der Waals surface area contributed by atoms with Gasteiger partial charge in [0.05, 0.1) is 19.3 Å². The first kappa shape index (κ1) is 15.0. The SMILES string of the molecule is CC1CN(C(N)=NCCN2CCC2)CCO1.I. The van der Waals surface area contributed by atoms with Gasteiger partial charge in [-0.15, -0.1) is 24.0 Å². The van der Waals surface area contributed by atoms with E-state index in [0.29, 0.717) is 5.96 Å². The van der Waals surface area contributed by atoms with Crippen molar-refractivity contribution < 1.29 is 4.74 Å². The maximum absolute atomic E-state index is 5.96. The van der Waals surface area contributed by atoms with Crippen LogP contribution in [0.25, 0.3) is 0 Å². The summed E-state index contributed by atoms with van der Waals surface area (Å²) < 4.78 is 5.47. The lowest BCUT2D eigenvalue weighted by atomic mass is 10.2. The van der Waals surface area contributed by atoms with Crippen LogP contribution in [-0.4, -0.2) is 67.7 Å². The molecule has 0 spiro atoms. The zero-order chi connectivity index (χ0) is 11.4. The van der Waals surface area contributed by atoms with E-state index in [1.54, 1.807) is 0 Å². The number of ether oxygens (including phenoxy) is 1. The highest BCUT2D eigenvalue weighted by atomic mass is 127. The van der Waals surface area contributed by atoms with Gasteiger partial charge >= 0.3 is 0 Å². The van der Waals surface area contributed by atoms with Gasteiger partial charge in [-0.05, 0) is 26.4 Å². The van der Waals surface area contributed by atoms with Gasteiger partial charge in [0.25, 0.3) is 0 Å². The average molecular weight is 354 g/mol. The second-order valence-corrected chi connectivity index (χ2v) is 4.56. The minimum atomic E-state index is 0. The molecule has 2 fully saturated rings. The second kappa shape index (κ2) is 7.38. The summed E-state index contributed by atoms with van der Waals surface area (Å²) in [4.78, 5) is 8.94. The zero-order valence-electron chi connectivity index (χ0n) is 10.5. The summed E-state index contributed by atoms with van der Waals surface area (Å²) in [6.45, 7) is 8.86. The highest BCUT2D eigenvalue weighted by Crippen LogP contribution is 2.05. The fourth-order valence-electron chi connectivity index (χ4n) is 2.04. The quantitative estimate of drug-likeness (QED) is 0.451. The van der Waals surface area contributed by atoms with E-state index in [1.807, 2.05) is 0 Å². The molecule has 5 nitrogen and oxygen atoms in total. The first-order valence-corrected chi connectivity index (χ1v) is 6.14. The molecule has 1 unspecified atom stereocenters. The Balaban J connectivity index is 0.00000144. The number of rotatable bonds is 3. The van der Waals surface area contributed by atoms with Gasteiger partial charge in [-0.2, -0.15) is 0 Å². The molecule has 1 atom stereocenters. The van der Waals surface area contributed by atoms with Crippen LogP contribution in [0.4, 0.5) is 0 Å². The van der Waals surface area contributed by atoms with Crippen molar-refractivity contribution in [2.45, 2.75) is 19.4 Å². The Kier molecular flexibility index (Phi) is 6.50. The normalized spacial score (nSPS) is 26.3. The Morgan fingerprint density at radius 3 is 2.76 bits per heavy atom. The third-order valence-electron chi connectivity index (χ3n) is 3.20. The molecule has 0 aliphatic carbocycles. The minimum Gasteiger partial charge on any atom is -0.375 e. The van der Waals surface area contributed by atoms with Crippen LogP contribution >= 0.6 is 24.0 Å². The summed E-state index contributed by atoms with van der Waals surface area (Å²) >= 11 is 0. The van der Waals surface area contributed by atoms with Gasteiger partial charge in [0, 0.05) is 19.6 Å². The Hall–Kier alpha value is -0.0800. The van der Waals surface area contributed by atoms with Crippen molar-refractivity contribution in [3.05, 3.63) is 0 Å². The number of guanidine groups is 1. The topological polar surface area (TPSA) is 54.1 Å². The summed E-state index contributed by atoms with van der Waals surface area (Å²) in [5.74, 6) is 0.677. The summed E-state index contributed by atoms with van der Waals surface area (Å²) in [6, 6.07) is 0. The van der Waals surface area contributed by atoms with Crippen molar-refractivity contribution >= 4 is 29.9 Å². The Morgan fingerprint density at radius 2 is 2.18 bits per heavy atom. The molecule has 2 rings (SSSR count). The molecule has 0 aromatic heterocycles. The number of morpholine rings is 1. The van der Waals surface area contributed by atoms with Gasteiger partial charge in [-0.3, -0.25) is 4.99 Å². The minimum absolute atomic E-state index is 0. The molecule has 0 amide bonds. The van der Waals surface area contributed by atoms with Crippen molar-refractivity contribution in [1.29, 1.82) is 0 Å². The van der Waals surface area contributed by atoms with Gasteiger partial charge in [0.1, 0.15) is 0 Å². The molecular formula is C11H23IN4O. The van der Waals surface area contributed by atoms with Gasteiger partial charge in [0.2, 0.25) is 0 Å². The van der Waals surface area contributed by atoms with E-state index in [9.17, 15) is 0 Å². The van der Waals surface area contributed by atoms with Crippen LogP contribution in [-0.2, 0) is 4.74 Å². The van der Waals surface area contributed by atoms with Gasteiger partial charge < -0.3 is 20.3 Å². The van der Waals surface area contributed by atoms with Gasteiger partial charge in [-0.1, -0.05) is 0 Å². The smallest absolute Gasteiger partial charge is 0.191 e. The molecular weight excluding hydrogens is 331 g/mol. The lowest BCUT2D eigenvalue weighted by molar-refractivity contribution is 0.00527. The van der Waals surface area contributed by atoms with Crippen molar-refractivity contribution in [3.63, 3.8) is 0 Å². The number of hydrogen-bond acceptors (Lipinski definition) is 3. The number of aliphatic imine (C=N–C) groups is 1. The van der Waals surface area contributed by atoms with Gasteiger partial charge in [-0.25, -0.2) is 0 Å². The maximum Gasteiger partial charge on any atom is 0.191 e. The summed E-state index contributed by atoms with van der Waals surface area (Å²) in [6.07, 6.45) is 1.60. The number of nitrogens with two attached hydrogens (primary N) is 1. The first-order valence-electron chi connectivity index (χ1n) is 6.14. The summed E-state index contributed by atoms with van der Waals surface area (Å²) in [7, 11) is 0. The van der Waals surface area contributed by atoms with E-state index in [-0.39, 0.29) is 30.1 Å². The van der Waals surface area contributed by atoms with E-state index in [2.05, 4.69) is 21.7 Å². The molecule has 2 N–H and O–H groups in total. The lowest BCUT2D eigenvalue weighted by Crippen LogP contribution is -2.48. The molecule has 0 aromatic carbocycles. The summed E-state index contributed by atoms with van der Waals surface area (Å²) in [5.41, 5.74) is 5.96. The zero-order valence-corrected chi connectivity index (χ0v) is 12.8. The highest BCUT2D eigenvalue weighted by molar-refractivity contribution is 14.0. The molecule has 17 heavy (non-hydrogen) atoms. The van der Waals surface area contributed by atoms with Gasteiger partial charge in [0.15, 0.2) is 5.96 Å². The lowest BCUT2D eigenvalue weighted by Gasteiger charge is -2.32. The highest BCUT2D eigenvalue weighted by Gasteiger charge is 2.18. The van der Waals surface area contributed by atoms with E-state index in [0.717, 1.165) is 32.8 Å². The van der Waals surface area contributed by atoms with Crippen LogP contribution in [0.3, 0.4) is 0 Å². The van der Waals surface area contributed by atoms with Crippen molar-refractivity contribution in [1.82, 2.24) is 9.80 Å². The molecule has 100 valence electrons. The molecule has 2 aliphatic heterocycles. The van der Waals surface area contributed by atoms with Crippen LogP contribution in [0.15, 0.2) is 4.99 Å². The van der Waals surface area contributed by atoms with Crippen LogP contribution in [0.2, 0.25) is 0 Å². The van der Waals surface area contributed by atoms with E-state index < -0.39 is 0 Å². The molecule has 0 radical (unpaired) electrons. The molecule has 0 bridgehead atoms. The monoisotopic (exact) mass is 354 g/mol. The number of halogens is 1. The van der Waals surface area contributed by atoms with Crippen molar-refractivity contribution in [2.75, 3.05) is 45.9 Å². The molecule has 2 heterocycles. The number of nitrogens with zero attached hydrogens (tertiary/aromatic N) is 3. The van der Waals surface area contributed by atoms with E-state index >= 15 is 0 Å². The van der Waals surface area contributed by atoms with Crippen LogP contribution in [0.5, 0.6) is 0 Å². The Morgan fingerprint density at radius 1 is 1.41 bits per heavy atom. The molecule has 0 saturated carbocycles. The Labute approximate surface area is 120 Å². The van der Waals surface area contributed by atoms with Crippen molar-refractivity contribution in [3.8, 4) is 0 Å². The van der Waals surface area contributed by atoms with Crippen LogP contribution in [0.1, 0.15) is 13.3 Å². The predicted molar refractivity (Wildman–Crippen MR) is 79.9 cm³/mol. The molecule has 0 aromatic rings. The van der Waals surface area contributed by atoms with Crippen LogP contribution in [0, 0.1) is 0 Å². The van der Waals surface area contributed by atoms with Crippen LogP contribution < -0.4 is 5.73 Å². The third kappa shape index (κ3) is 4.59. The fourth-order valence-corrected chi connectivity index (χ4v) is 2.04. The number of likely N-dealkylation sites (tertiary alicyclic amines) is 1. The summed E-state index contributed by atoms with van der Waals surface area (Å²) in [5, 5.41) is 0. The molecule has 6 heteroatoms. The standard InChI is InChI=1S/C11H22N4O.HI/c1-10-9-15(7-8-16-10)11(12)13-3-6-14-4-2-5-14;/h10H,2-9H2,1H3,(H2,12,13);1H. The maximum atomic E-state index is 5.96. The molecule has 2 aliphatic rings. The largest absolute Gasteiger partial charge is 0.375 e.